The summed E-state index contributed by atoms with van der Waals surface area (Å²) >= 11 is 0. The first-order chi connectivity index (χ1) is 11.5. The second-order valence-electron chi connectivity index (χ2n) is 7.08. The van der Waals surface area contributed by atoms with Crippen LogP contribution in [0.1, 0.15) is 59.3 Å². The van der Waals surface area contributed by atoms with E-state index in [1.54, 1.807) is 7.05 Å². The SMILES string of the molecule is CCNC(=O)C(C)(C)CNC(=NC)NCCOC1CCCCCC1.I. The molecule has 6 nitrogen and oxygen atoms in total. The summed E-state index contributed by atoms with van der Waals surface area (Å²) in [6, 6.07) is 0. The Kier molecular flexibility index (Phi) is 13.3. The molecule has 3 N–H and O–H groups in total. The van der Waals surface area contributed by atoms with Crippen LogP contribution in [0.5, 0.6) is 0 Å². The summed E-state index contributed by atoms with van der Waals surface area (Å²) in [6.45, 7) is 8.36. The van der Waals surface area contributed by atoms with Crippen molar-refractivity contribution in [3.8, 4) is 0 Å². The highest BCUT2D eigenvalue weighted by atomic mass is 127. The van der Waals surface area contributed by atoms with E-state index in [0.29, 0.717) is 31.8 Å². The molecule has 0 unspecified atom stereocenters. The van der Waals surface area contributed by atoms with E-state index in [1.165, 1.54) is 38.5 Å². The smallest absolute Gasteiger partial charge is 0.227 e. The second kappa shape index (κ2) is 13.6. The largest absolute Gasteiger partial charge is 0.376 e. The summed E-state index contributed by atoms with van der Waals surface area (Å²) in [5, 5.41) is 9.33. The van der Waals surface area contributed by atoms with Crippen LogP contribution in [0, 0.1) is 5.41 Å². The van der Waals surface area contributed by atoms with Gasteiger partial charge in [0.25, 0.3) is 0 Å². The van der Waals surface area contributed by atoms with Crippen molar-refractivity contribution in [3.63, 3.8) is 0 Å². The summed E-state index contributed by atoms with van der Waals surface area (Å²) in [5.74, 6) is 0.751. The molecule has 7 heteroatoms. The van der Waals surface area contributed by atoms with Gasteiger partial charge in [0.15, 0.2) is 5.96 Å². The number of carbonyl (C=O) groups excluding carboxylic acids is 1. The fraction of sp³-hybridized carbons (Fsp3) is 0.889. The van der Waals surface area contributed by atoms with Gasteiger partial charge in [-0.05, 0) is 33.6 Å². The number of rotatable bonds is 8. The molecule has 1 aliphatic rings. The van der Waals surface area contributed by atoms with Crippen LogP contribution in [0.2, 0.25) is 0 Å². The number of halogens is 1. The normalized spacial score (nSPS) is 16.6. The van der Waals surface area contributed by atoms with Crippen LogP contribution >= 0.6 is 24.0 Å². The van der Waals surface area contributed by atoms with Crippen LogP contribution in [0.25, 0.3) is 0 Å². The first-order valence-electron chi connectivity index (χ1n) is 9.34. The Morgan fingerprint density at radius 1 is 1.12 bits per heavy atom. The topological polar surface area (TPSA) is 74.8 Å². The number of nitrogens with zero attached hydrogens (tertiary/aromatic N) is 1. The van der Waals surface area contributed by atoms with Gasteiger partial charge in [-0.15, -0.1) is 24.0 Å². The summed E-state index contributed by atoms with van der Waals surface area (Å²) in [7, 11) is 1.74. The third-order valence-electron chi connectivity index (χ3n) is 4.42. The van der Waals surface area contributed by atoms with E-state index in [9.17, 15) is 4.79 Å². The monoisotopic (exact) mass is 468 g/mol. The summed E-state index contributed by atoms with van der Waals surface area (Å²) < 4.78 is 5.96. The van der Waals surface area contributed by atoms with Gasteiger partial charge in [-0.3, -0.25) is 9.79 Å². The first kappa shape index (κ1) is 24.4. The predicted molar refractivity (Wildman–Crippen MR) is 115 cm³/mol. The minimum atomic E-state index is -0.482. The molecule has 0 bridgehead atoms. The van der Waals surface area contributed by atoms with Crippen molar-refractivity contribution in [2.45, 2.75) is 65.4 Å². The molecule has 0 heterocycles. The van der Waals surface area contributed by atoms with Gasteiger partial charge in [0.2, 0.25) is 5.91 Å². The third-order valence-corrected chi connectivity index (χ3v) is 4.42. The van der Waals surface area contributed by atoms with E-state index in [4.69, 9.17) is 4.74 Å². The Labute approximate surface area is 170 Å². The molecule has 0 spiro atoms. The highest BCUT2D eigenvalue weighted by Crippen LogP contribution is 2.19. The molecule has 25 heavy (non-hydrogen) atoms. The Balaban J connectivity index is 0.00000576. The zero-order valence-electron chi connectivity index (χ0n) is 16.3. The lowest BCUT2D eigenvalue weighted by atomic mass is 9.92. The van der Waals surface area contributed by atoms with Crippen LogP contribution in [-0.4, -0.2) is 51.3 Å². The maximum Gasteiger partial charge on any atom is 0.227 e. The van der Waals surface area contributed by atoms with Crippen molar-refractivity contribution in [1.29, 1.82) is 0 Å². The average molecular weight is 468 g/mol. The van der Waals surface area contributed by atoms with Crippen LogP contribution < -0.4 is 16.0 Å². The molecule has 0 aromatic rings. The molecule has 0 aliphatic heterocycles. The van der Waals surface area contributed by atoms with Gasteiger partial charge < -0.3 is 20.7 Å². The first-order valence-corrected chi connectivity index (χ1v) is 9.34. The lowest BCUT2D eigenvalue weighted by Crippen LogP contribution is -2.48. The maximum absolute atomic E-state index is 12.0. The Hall–Kier alpha value is -0.570. The van der Waals surface area contributed by atoms with Crippen molar-refractivity contribution in [1.82, 2.24) is 16.0 Å². The van der Waals surface area contributed by atoms with Crippen LogP contribution in [0.15, 0.2) is 4.99 Å². The van der Waals surface area contributed by atoms with E-state index >= 15 is 0 Å². The van der Waals surface area contributed by atoms with Gasteiger partial charge in [-0.2, -0.15) is 0 Å². The predicted octanol–water partition coefficient (Wildman–Crippen LogP) is 2.67. The van der Waals surface area contributed by atoms with Crippen LogP contribution in [-0.2, 0) is 9.53 Å². The van der Waals surface area contributed by atoms with Gasteiger partial charge in [-0.25, -0.2) is 0 Å². The minimum absolute atomic E-state index is 0. The summed E-state index contributed by atoms with van der Waals surface area (Å²) in [4.78, 5) is 16.2. The fourth-order valence-electron chi connectivity index (χ4n) is 2.81. The molecule has 0 saturated heterocycles. The van der Waals surface area contributed by atoms with Gasteiger partial charge in [0.05, 0.1) is 18.1 Å². The van der Waals surface area contributed by atoms with E-state index in [0.717, 1.165) is 6.54 Å². The standard InChI is InChI=1S/C18H36N4O2.HI/c1-5-20-16(23)18(2,3)14-22-17(19-4)21-12-13-24-15-10-8-6-7-9-11-15;/h15H,5-14H2,1-4H3,(H,20,23)(H2,19,21,22);1H. The lowest BCUT2D eigenvalue weighted by Gasteiger charge is -2.25. The quantitative estimate of drug-likeness (QED) is 0.168. The van der Waals surface area contributed by atoms with Crippen molar-refractivity contribution >= 4 is 35.8 Å². The number of carbonyl (C=O) groups is 1. The third kappa shape index (κ3) is 10.2. The average Bonchev–Trinajstić information content (AvgIpc) is 2.83. The Morgan fingerprint density at radius 2 is 1.76 bits per heavy atom. The van der Waals surface area contributed by atoms with Gasteiger partial charge in [0, 0.05) is 26.7 Å². The van der Waals surface area contributed by atoms with Gasteiger partial charge in [-0.1, -0.05) is 25.7 Å². The Morgan fingerprint density at radius 3 is 2.32 bits per heavy atom. The number of guanidine groups is 1. The molecular weight excluding hydrogens is 431 g/mol. The Bertz CT molecular complexity index is 395. The van der Waals surface area contributed by atoms with E-state index in [-0.39, 0.29) is 29.9 Å². The summed E-state index contributed by atoms with van der Waals surface area (Å²) in [6.07, 6.45) is 8.06. The van der Waals surface area contributed by atoms with Crippen molar-refractivity contribution < 1.29 is 9.53 Å². The summed E-state index contributed by atoms with van der Waals surface area (Å²) in [5.41, 5.74) is -0.482. The molecule has 0 atom stereocenters. The fourth-order valence-corrected chi connectivity index (χ4v) is 2.81. The number of hydrogen-bond donors (Lipinski definition) is 3. The zero-order valence-corrected chi connectivity index (χ0v) is 18.7. The highest BCUT2D eigenvalue weighted by molar-refractivity contribution is 14.0. The number of ether oxygens (including phenoxy) is 1. The number of aliphatic imine (C=N–C) groups is 1. The lowest BCUT2D eigenvalue weighted by molar-refractivity contribution is -0.128. The van der Waals surface area contributed by atoms with Gasteiger partial charge >= 0.3 is 0 Å². The van der Waals surface area contributed by atoms with Crippen LogP contribution in [0.4, 0.5) is 0 Å². The zero-order chi connectivity index (χ0) is 17.8. The van der Waals surface area contributed by atoms with E-state index < -0.39 is 5.41 Å². The number of amides is 1. The molecule has 148 valence electrons. The van der Waals surface area contributed by atoms with Crippen molar-refractivity contribution in [3.05, 3.63) is 0 Å². The van der Waals surface area contributed by atoms with Crippen molar-refractivity contribution in [2.24, 2.45) is 10.4 Å². The van der Waals surface area contributed by atoms with Crippen molar-refractivity contribution in [2.75, 3.05) is 33.3 Å². The van der Waals surface area contributed by atoms with Crippen LogP contribution in [0.3, 0.4) is 0 Å². The highest BCUT2D eigenvalue weighted by Gasteiger charge is 2.27. The molecule has 1 rings (SSSR count). The molecule has 1 amide bonds. The molecule has 1 aliphatic carbocycles. The maximum atomic E-state index is 12.0. The molecule has 0 aromatic heterocycles. The molecular formula is C18H37IN4O2. The molecule has 1 fully saturated rings. The van der Waals surface area contributed by atoms with E-state index in [2.05, 4.69) is 20.9 Å². The molecule has 0 radical (unpaired) electrons. The number of nitrogens with one attached hydrogen (secondary N) is 3. The van der Waals surface area contributed by atoms with E-state index in [1.807, 2.05) is 20.8 Å². The van der Waals surface area contributed by atoms with Gasteiger partial charge in [0.1, 0.15) is 0 Å². The molecule has 1 saturated carbocycles. The number of hydrogen-bond acceptors (Lipinski definition) is 3. The molecule has 0 aromatic carbocycles. The minimum Gasteiger partial charge on any atom is -0.376 e. The second-order valence-corrected chi connectivity index (χ2v) is 7.08.